The summed E-state index contributed by atoms with van der Waals surface area (Å²) in [5.74, 6) is 0.516. The summed E-state index contributed by atoms with van der Waals surface area (Å²) in [6.45, 7) is 4.12. The number of nitrogens with one attached hydrogen (secondary N) is 2. The third-order valence-corrected chi connectivity index (χ3v) is 7.35. The van der Waals surface area contributed by atoms with Crippen LogP contribution < -0.4 is 4.90 Å². The van der Waals surface area contributed by atoms with Gasteiger partial charge < -0.3 is 19.8 Å². The SMILES string of the molecule is CC1CN(c2scnc2-c2nc3ccccc3[nH]2)CCN1C(=O)Cc1c[nH]c2ccc(F)cc12. The molecule has 0 spiro atoms. The largest absolute Gasteiger partial charge is 0.361 e. The van der Waals surface area contributed by atoms with Crippen LogP contribution in [0.2, 0.25) is 0 Å². The third-order valence-electron chi connectivity index (χ3n) is 6.47. The van der Waals surface area contributed by atoms with Gasteiger partial charge in [-0.05, 0) is 42.8 Å². The van der Waals surface area contributed by atoms with Crippen LogP contribution >= 0.6 is 11.3 Å². The Hall–Kier alpha value is -3.72. The molecule has 0 saturated carbocycles. The predicted molar refractivity (Wildman–Crippen MR) is 133 cm³/mol. The molecule has 1 unspecified atom stereocenters. The minimum absolute atomic E-state index is 0.0359. The molecule has 0 radical (unpaired) electrons. The number of carbonyl (C=O) groups is 1. The van der Waals surface area contributed by atoms with E-state index < -0.39 is 0 Å². The van der Waals surface area contributed by atoms with Gasteiger partial charge in [0.25, 0.3) is 0 Å². The van der Waals surface area contributed by atoms with Crippen molar-refractivity contribution in [3.63, 3.8) is 0 Å². The highest BCUT2D eigenvalue weighted by atomic mass is 32.1. The first-order valence-electron chi connectivity index (χ1n) is 11.3. The van der Waals surface area contributed by atoms with Crippen LogP contribution in [-0.4, -0.2) is 56.4 Å². The van der Waals surface area contributed by atoms with E-state index in [9.17, 15) is 9.18 Å². The lowest BCUT2D eigenvalue weighted by Gasteiger charge is -2.40. The van der Waals surface area contributed by atoms with Gasteiger partial charge in [-0.25, -0.2) is 14.4 Å². The first-order valence-corrected chi connectivity index (χ1v) is 12.1. The summed E-state index contributed by atoms with van der Waals surface area (Å²) in [7, 11) is 0. The molecule has 1 amide bonds. The summed E-state index contributed by atoms with van der Waals surface area (Å²) in [5, 5.41) is 1.82. The molecular weight excluding hydrogens is 451 g/mol. The number of imidazole rings is 1. The molecule has 9 heteroatoms. The topological polar surface area (TPSA) is 80.9 Å². The molecule has 0 bridgehead atoms. The Kier molecular flexibility index (Phi) is 5.06. The van der Waals surface area contributed by atoms with Crippen molar-refractivity contribution >= 4 is 44.2 Å². The van der Waals surface area contributed by atoms with Crippen molar-refractivity contribution in [2.45, 2.75) is 19.4 Å². The van der Waals surface area contributed by atoms with Crippen molar-refractivity contribution < 1.29 is 9.18 Å². The van der Waals surface area contributed by atoms with E-state index in [-0.39, 0.29) is 24.2 Å². The number of para-hydroxylation sites is 2. The van der Waals surface area contributed by atoms with Gasteiger partial charge in [0.05, 0.1) is 23.0 Å². The Morgan fingerprint density at radius 1 is 1.21 bits per heavy atom. The van der Waals surface area contributed by atoms with Crippen LogP contribution in [0, 0.1) is 5.82 Å². The summed E-state index contributed by atoms with van der Waals surface area (Å²) in [5.41, 5.74) is 6.24. The molecule has 1 aliphatic rings. The highest BCUT2D eigenvalue weighted by Gasteiger charge is 2.30. The van der Waals surface area contributed by atoms with Gasteiger partial charge in [-0.15, -0.1) is 11.3 Å². The average Bonchev–Trinajstić information content (AvgIpc) is 3.57. The summed E-state index contributed by atoms with van der Waals surface area (Å²) in [6.07, 6.45) is 2.05. The lowest BCUT2D eigenvalue weighted by atomic mass is 10.1. The number of anilines is 1. The van der Waals surface area contributed by atoms with Crippen molar-refractivity contribution in [1.29, 1.82) is 0 Å². The number of rotatable bonds is 4. The fraction of sp³-hybridized carbons (Fsp3) is 0.240. The number of halogens is 1. The molecule has 1 saturated heterocycles. The highest BCUT2D eigenvalue weighted by molar-refractivity contribution is 7.14. The van der Waals surface area contributed by atoms with Gasteiger partial charge in [0.15, 0.2) is 5.82 Å². The number of H-pyrrole nitrogens is 2. The predicted octanol–water partition coefficient (Wildman–Crippen LogP) is 4.59. The number of piperazine rings is 1. The van der Waals surface area contributed by atoms with Gasteiger partial charge in [0.2, 0.25) is 5.91 Å². The molecule has 5 aromatic rings. The standard InChI is InChI=1S/C25H23FN6OS/c1-15-13-31(25-23(28-14-34-25)24-29-20-4-2-3-5-21(20)30-24)8-9-32(15)22(33)10-16-12-27-19-7-6-17(26)11-18(16)19/h2-7,11-12,14-15,27H,8-10,13H2,1H3,(H,29,30). The Balaban J connectivity index is 1.18. The van der Waals surface area contributed by atoms with Gasteiger partial charge in [-0.1, -0.05) is 12.1 Å². The minimum atomic E-state index is -0.299. The first-order chi connectivity index (χ1) is 16.6. The Bertz CT molecular complexity index is 1470. The molecule has 172 valence electrons. The molecule has 2 N–H and O–H groups in total. The lowest BCUT2D eigenvalue weighted by molar-refractivity contribution is -0.132. The van der Waals surface area contributed by atoms with Crippen molar-refractivity contribution in [3.05, 3.63) is 65.6 Å². The van der Waals surface area contributed by atoms with Crippen LogP contribution in [0.25, 0.3) is 33.5 Å². The Morgan fingerprint density at radius 2 is 2.09 bits per heavy atom. The maximum Gasteiger partial charge on any atom is 0.227 e. The van der Waals surface area contributed by atoms with E-state index in [2.05, 4.69) is 26.8 Å². The van der Waals surface area contributed by atoms with E-state index in [0.717, 1.165) is 44.0 Å². The molecule has 1 fully saturated rings. The van der Waals surface area contributed by atoms with Crippen molar-refractivity contribution in [1.82, 2.24) is 24.8 Å². The molecule has 7 nitrogen and oxygen atoms in total. The number of fused-ring (bicyclic) bond motifs is 2. The second-order valence-electron chi connectivity index (χ2n) is 8.67. The van der Waals surface area contributed by atoms with E-state index in [4.69, 9.17) is 4.98 Å². The third kappa shape index (κ3) is 3.62. The Labute approximate surface area is 199 Å². The lowest BCUT2D eigenvalue weighted by Crippen LogP contribution is -2.54. The zero-order valence-electron chi connectivity index (χ0n) is 18.6. The molecule has 3 aromatic heterocycles. The van der Waals surface area contributed by atoms with E-state index in [1.807, 2.05) is 34.7 Å². The molecular formula is C25H23FN6OS. The van der Waals surface area contributed by atoms with Crippen molar-refractivity contribution in [2.24, 2.45) is 0 Å². The van der Waals surface area contributed by atoms with E-state index >= 15 is 0 Å². The Morgan fingerprint density at radius 3 is 2.94 bits per heavy atom. The maximum atomic E-state index is 13.7. The molecule has 1 aliphatic heterocycles. The number of benzene rings is 2. The summed E-state index contributed by atoms with van der Waals surface area (Å²) >= 11 is 1.59. The van der Waals surface area contributed by atoms with E-state index in [1.54, 1.807) is 23.6 Å². The van der Waals surface area contributed by atoms with Crippen LogP contribution in [0.15, 0.2) is 54.2 Å². The minimum Gasteiger partial charge on any atom is -0.361 e. The highest BCUT2D eigenvalue weighted by Crippen LogP contribution is 2.34. The first kappa shape index (κ1) is 20.9. The van der Waals surface area contributed by atoms with E-state index in [1.165, 1.54) is 12.1 Å². The molecule has 34 heavy (non-hydrogen) atoms. The maximum absolute atomic E-state index is 13.7. The molecule has 6 rings (SSSR count). The normalized spacial score (nSPS) is 16.6. The number of nitrogens with zero attached hydrogens (tertiary/aromatic N) is 4. The van der Waals surface area contributed by atoms with Crippen molar-refractivity contribution in [2.75, 3.05) is 24.5 Å². The molecule has 1 atom stereocenters. The second kappa shape index (κ2) is 8.25. The van der Waals surface area contributed by atoms with Crippen LogP contribution in [0.5, 0.6) is 0 Å². The van der Waals surface area contributed by atoms with Gasteiger partial charge in [-0.2, -0.15) is 0 Å². The summed E-state index contributed by atoms with van der Waals surface area (Å²) < 4.78 is 13.7. The second-order valence-corrected chi connectivity index (χ2v) is 9.50. The summed E-state index contributed by atoms with van der Waals surface area (Å²) in [6, 6.07) is 12.6. The van der Waals surface area contributed by atoms with Gasteiger partial charge in [0, 0.05) is 42.8 Å². The number of hydrogen-bond acceptors (Lipinski definition) is 5. The van der Waals surface area contributed by atoms with Crippen LogP contribution in [0.4, 0.5) is 9.39 Å². The monoisotopic (exact) mass is 474 g/mol. The van der Waals surface area contributed by atoms with Crippen molar-refractivity contribution in [3.8, 4) is 11.5 Å². The number of carbonyl (C=O) groups excluding carboxylic acids is 1. The zero-order valence-corrected chi connectivity index (χ0v) is 19.4. The fourth-order valence-corrected chi connectivity index (χ4v) is 5.60. The fourth-order valence-electron chi connectivity index (χ4n) is 4.77. The van der Waals surface area contributed by atoms with Gasteiger partial charge >= 0.3 is 0 Å². The van der Waals surface area contributed by atoms with Crippen LogP contribution in [0.3, 0.4) is 0 Å². The number of thiazole rings is 1. The van der Waals surface area contributed by atoms with E-state index in [0.29, 0.717) is 19.6 Å². The molecule has 4 heterocycles. The van der Waals surface area contributed by atoms with Crippen LogP contribution in [-0.2, 0) is 11.2 Å². The number of amides is 1. The average molecular weight is 475 g/mol. The molecule has 2 aromatic carbocycles. The number of hydrogen-bond donors (Lipinski definition) is 2. The van der Waals surface area contributed by atoms with Gasteiger partial charge in [0.1, 0.15) is 16.5 Å². The zero-order chi connectivity index (χ0) is 23.2. The smallest absolute Gasteiger partial charge is 0.227 e. The van der Waals surface area contributed by atoms with Gasteiger partial charge in [-0.3, -0.25) is 4.79 Å². The van der Waals surface area contributed by atoms with Crippen LogP contribution in [0.1, 0.15) is 12.5 Å². The number of aromatic amines is 2. The number of aromatic nitrogens is 4. The summed E-state index contributed by atoms with van der Waals surface area (Å²) in [4.78, 5) is 33.2. The molecule has 0 aliphatic carbocycles. The quantitative estimate of drug-likeness (QED) is 0.399.